The Morgan fingerprint density at radius 2 is 1.69 bits per heavy atom. The monoisotopic (exact) mass is 631 g/mol. The number of nitrogens with one attached hydrogen (secondary N) is 3. The minimum absolute atomic E-state index is 0.0445. The van der Waals surface area contributed by atoms with Crippen molar-refractivity contribution in [3.8, 4) is 5.75 Å². The lowest BCUT2D eigenvalue weighted by atomic mass is 10.0. The maximum absolute atomic E-state index is 13.3. The number of hydrogen-bond acceptors (Lipinski definition) is 11. The van der Waals surface area contributed by atoms with Crippen LogP contribution in [0.4, 0.5) is 4.79 Å². The first-order chi connectivity index (χ1) is 21.2. The Bertz CT molecular complexity index is 1510. The van der Waals surface area contributed by atoms with Crippen LogP contribution in [-0.2, 0) is 31.1 Å². The van der Waals surface area contributed by atoms with Gasteiger partial charge in [0.1, 0.15) is 23.4 Å². The average molecular weight is 632 g/mol. The van der Waals surface area contributed by atoms with Gasteiger partial charge in [-0.3, -0.25) is 19.4 Å². The van der Waals surface area contributed by atoms with Gasteiger partial charge >= 0.3 is 23.9 Å². The zero-order chi connectivity index (χ0) is 33.1. The molecular weight excluding hydrogens is 598 g/mol. The van der Waals surface area contributed by atoms with E-state index < -0.39 is 64.8 Å². The number of urea groups is 1. The lowest BCUT2D eigenvalue weighted by Gasteiger charge is -2.23. The Morgan fingerprint density at radius 3 is 2.24 bits per heavy atom. The Morgan fingerprint density at radius 1 is 1.02 bits per heavy atom. The molecule has 2 saturated carbocycles. The molecule has 242 valence electrons. The highest BCUT2D eigenvalue weighted by molar-refractivity contribution is 6.01. The molecule has 0 bridgehead atoms. The van der Waals surface area contributed by atoms with E-state index in [1.54, 1.807) is 0 Å². The number of benzene rings is 1. The predicted molar refractivity (Wildman–Crippen MR) is 150 cm³/mol. The minimum Gasteiger partial charge on any atom is -0.508 e. The second-order valence-corrected chi connectivity index (χ2v) is 11.0. The third-order valence-corrected chi connectivity index (χ3v) is 7.69. The van der Waals surface area contributed by atoms with Crippen LogP contribution in [0.5, 0.6) is 5.75 Å². The fraction of sp³-hybridized carbons (Fsp3) is 0.462. The third kappa shape index (κ3) is 7.37. The van der Waals surface area contributed by atoms with E-state index in [9.17, 15) is 44.4 Å². The minimum atomic E-state index is -1.98. The molecule has 19 nitrogen and oxygen atoms in total. The van der Waals surface area contributed by atoms with Crippen molar-refractivity contribution in [1.82, 2.24) is 26.1 Å². The number of nitrogens with zero attached hydrogens (tertiary/aromatic N) is 3. The van der Waals surface area contributed by atoms with Crippen molar-refractivity contribution in [2.45, 2.75) is 55.3 Å². The smallest absolute Gasteiger partial charge is 0.326 e. The number of carbonyl (C=O) groups is 5. The lowest BCUT2D eigenvalue weighted by Crippen LogP contribution is -2.57. The van der Waals surface area contributed by atoms with Crippen LogP contribution in [0.2, 0.25) is 0 Å². The normalized spacial score (nSPS) is 24.4. The third-order valence-electron chi connectivity index (χ3n) is 7.69. The summed E-state index contributed by atoms with van der Waals surface area (Å²) in [6, 6.07) is 2.08. The number of amides is 3. The summed E-state index contributed by atoms with van der Waals surface area (Å²) in [5.41, 5.74) is 13.9. The lowest BCUT2D eigenvalue weighted by molar-refractivity contribution is -0.143. The Balaban J connectivity index is 1.49. The molecule has 4 rings (SSSR count). The summed E-state index contributed by atoms with van der Waals surface area (Å²) in [5.74, 6) is -7.69. The van der Waals surface area contributed by atoms with Crippen LogP contribution in [0.15, 0.2) is 33.8 Å². The van der Waals surface area contributed by atoms with Crippen molar-refractivity contribution in [2.75, 3.05) is 6.54 Å². The molecule has 1 aromatic carbocycles. The van der Waals surface area contributed by atoms with Crippen molar-refractivity contribution >= 4 is 35.8 Å². The summed E-state index contributed by atoms with van der Waals surface area (Å²) >= 11 is 0. The van der Waals surface area contributed by atoms with E-state index in [4.69, 9.17) is 21.7 Å². The van der Waals surface area contributed by atoms with Crippen molar-refractivity contribution in [3.05, 3.63) is 41.5 Å². The molecule has 4 unspecified atom stereocenters. The highest BCUT2D eigenvalue weighted by atomic mass is 16.5. The molecule has 2 aliphatic carbocycles. The van der Waals surface area contributed by atoms with Crippen LogP contribution in [0.3, 0.4) is 0 Å². The predicted octanol–water partition coefficient (Wildman–Crippen LogP) is -1.92. The number of carboxylic acid groups (broad SMARTS) is 3. The van der Waals surface area contributed by atoms with Gasteiger partial charge in [0.05, 0.1) is 17.4 Å². The Labute approximate surface area is 254 Å². The van der Waals surface area contributed by atoms with Gasteiger partial charge in [-0.1, -0.05) is 17.3 Å². The van der Waals surface area contributed by atoms with Crippen molar-refractivity contribution in [3.63, 3.8) is 0 Å². The molecule has 2 fully saturated rings. The number of carboxylic acids is 3. The van der Waals surface area contributed by atoms with Crippen LogP contribution in [-0.4, -0.2) is 84.5 Å². The van der Waals surface area contributed by atoms with E-state index in [2.05, 4.69) is 31.1 Å². The van der Waals surface area contributed by atoms with E-state index in [1.807, 2.05) is 0 Å². The fourth-order valence-corrected chi connectivity index (χ4v) is 4.92. The van der Waals surface area contributed by atoms with Gasteiger partial charge in [-0.25, -0.2) is 9.59 Å². The van der Waals surface area contributed by atoms with Crippen molar-refractivity contribution in [2.24, 2.45) is 34.0 Å². The van der Waals surface area contributed by atoms with Crippen LogP contribution in [0.25, 0.3) is 0 Å². The quantitative estimate of drug-likeness (QED) is 0.0582. The molecular formula is C26H33N9O10. The SMILES string of the molecule is NC(N)=NCCC[C@H](NC(=O)NC1(C(=O)NC(Cc2ccc(O)cc2)C(=O)O)C[C@H]1C(=O)O)c1nc(C2(N)CC2C(=O)O)no1. The van der Waals surface area contributed by atoms with Gasteiger partial charge < -0.3 is 58.1 Å². The molecule has 0 saturated heterocycles. The first kappa shape index (κ1) is 32.5. The second-order valence-electron chi connectivity index (χ2n) is 11.0. The molecule has 0 radical (unpaired) electrons. The molecule has 13 N–H and O–H groups in total. The Hall–Kier alpha value is -5.46. The van der Waals surface area contributed by atoms with Gasteiger partial charge in [-0.05, 0) is 43.4 Å². The summed E-state index contributed by atoms with van der Waals surface area (Å²) < 4.78 is 5.28. The molecule has 1 aromatic heterocycles. The standard InChI is InChI=1S/C26H33N9O10/c27-23(28)30-7-1-2-15(17-33-21(35-45-17)25(29)9-13(25)18(37)38)32-24(44)34-26(10-14(26)19(39)40)22(43)31-16(20(41)42)8-11-3-5-12(36)6-4-11/h3-6,13-16,36H,1-2,7-10,29H2,(H,31,43)(H,37,38)(H,39,40)(H,41,42)(H4,27,28,30)(H2,32,34,44)/t13?,14-,15-,16?,25?,26?/m0/s1. The number of hydrogen-bond donors (Lipinski definition) is 10. The van der Waals surface area contributed by atoms with Gasteiger partial charge in [0.2, 0.25) is 11.8 Å². The topological polar surface area (TPSA) is 332 Å². The van der Waals surface area contributed by atoms with Gasteiger partial charge in [-0.2, -0.15) is 4.98 Å². The average Bonchev–Trinajstić information content (AvgIpc) is 3.80. The van der Waals surface area contributed by atoms with Crippen LogP contribution in [0.1, 0.15) is 49.0 Å². The van der Waals surface area contributed by atoms with E-state index in [1.165, 1.54) is 24.3 Å². The van der Waals surface area contributed by atoms with Gasteiger partial charge in [0.15, 0.2) is 11.8 Å². The molecule has 3 amide bonds. The number of carbonyl (C=O) groups excluding carboxylic acids is 2. The van der Waals surface area contributed by atoms with E-state index in [-0.39, 0.29) is 62.1 Å². The number of aliphatic carboxylic acids is 3. The summed E-state index contributed by atoms with van der Waals surface area (Å²) in [7, 11) is 0. The Kier molecular flexibility index (Phi) is 9.12. The van der Waals surface area contributed by atoms with E-state index >= 15 is 0 Å². The fourth-order valence-electron chi connectivity index (χ4n) is 4.92. The number of guanidine groups is 1. The number of aliphatic imine (C=N–C) groups is 1. The number of rotatable bonds is 15. The zero-order valence-electron chi connectivity index (χ0n) is 23.7. The molecule has 45 heavy (non-hydrogen) atoms. The molecule has 0 aliphatic heterocycles. The van der Waals surface area contributed by atoms with Gasteiger partial charge in [0.25, 0.3) is 0 Å². The molecule has 19 heteroatoms. The van der Waals surface area contributed by atoms with E-state index in [0.29, 0.717) is 5.56 Å². The summed E-state index contributed by atoms with van der Waals surface area (Å²) in [4.78, 5) is 69.7. The number of nitrogens with two attached hydrogens (primary N) is 3. The number of phenols is 1. The highest BCUT2D eigenvalue weighted by Gasteiger charge is 2.66. The van der Waals surface area contributed by atoms with Gasteiger partial charge in [0, 0.05) is 13.0 Å². The van der Waals surface area contributed by atoms with Gasteiger partial charge in [-0.15, -0.1) is 0 Å². The van der Waals surface area contributed by atoms with E-state index in [0.717, 1.165) is 0 Å². The molecule has 1 heterocycles. The molecule has 0 spiro atoms. The second kappa shape index (κ2) is 12.6. The van der Waals surface area contributed by atoms with Crippen molar-refractivity contribution in [1.29, 1.82) is 0 Å². The largest absolute Gasteiger partial charge is 0.508 e. The van der Waals surface area contributed by atoms with Crippen LogP contribution >= 0.6 is 0 Å². The van der Waals surface area contributed by atoms with Crippen LogP contribution in [0, 0.1) is 11.8 Å². The maximum Gasteiger partial charge on any atom is 0.326 e. The molecule has 6 atom stereocenters. The zero-order valence-corrected chi connectivity index (χ0v) is 23.7. The van der Waals surface area contributed by atoms with Crippen molar-refractivity contribution < 1.29 is 48.9 Å². The summed E-state index contributed by atoms with van der Waals surface area (Å²) in [5, 5.41) is 49.1. The maximum atomic E-state index is 13.3. The van der Waals surface area contributed by atoms with Crippen LogP contribution < -0.4 is 33.2 Å². The number of aromatic hydroxyl groups is 1. The molecule has 2 aromatic rings. The highest BCUT2D eigenvalue weighted by Crippen LogP contribution is 2.48. The summed E-state index contributed by atoms with van der Waals surface area (Å²) in [6.07, 6.45) is -0.0416. The molecule has 2 aliphatic rings. The number of aromatic nitrogens is 2. The first-order valence-electron chi connectivity index (χ1n) is 13.7. The summed E-state index contributed by atoms with van der Waals surface area (Å²) in [6.45, 7) is 0.149. The first-order valence-corrected chi connectivity index (χ1v) is 13.7. The number of phenolic OH excluding ortho intramolecular Hbond substituents is 1.